The quantitative estimate of drug-likeness (QED) is 0.652. The lowest BCUT2D eigenvalue weighted by Crippen LogP contribution is -2.30. The Balaban J connectivity index is 2.19. The van der Waals surface area contributed by atoms with Gasteiger partial charge < -0.3 is 0 Å². The van der Waals surface area contributed by atoms with E-state index in [0.29, 0.717) is 6.04 Å². The van der Waals surface area contributed by atoms with E-state index in [-0.39, 0.29) is 0 Å². The molecular formula is C10H17N3. The molecule has 0 bridgehead atoms. The van der Waals surface area contributed by atoms with Gasteiger partial charge in [0, 0.05) is 13.2 Å². The molecule has 0 spiro atoms. The molecule has 1 unspecified atom stereocenters. The highest BCUT2D eigenvalue weighted by atomic mass is 15.3. The summed E-state index contributed by atoms with van der Waals surface area (Å²) in [6, 6.07) is 2.72. The summed E-state index contributed by atoms with van der Waals surface area (Å²) in [5.74, 6) is 0. The molecule has 0 saturated carbocycles. The number of likely N-dealkylation sites (tertiary alicyclic amines) is 1. The SMILES string of the molecule is CN1CCCCC1c1ccnn1C. The molecule has 72 valence electrons. The fraction of sp³-hybridized carbons (Fsp3) is 0.700. The lowest BCUT2D eigenvalue weighted by Gasteiger charge is -2.32. The molecule has 3 heteroatoms. The monoisotopic (exact) mass is 179 g/mol. The normalized spacial score (nSPS) is 24.9. The van der Waals surface area contributed by atoms with E-state index in [4.69, 9.17) is 0 Å². The van der Waals surface area contributed by atoms with Crippen molar-refractivity contribution in [3.63, 3.8) is 0 Å². The smallest absolute Gasteiger partial charge is 0.0552 e. The molecule has 1 aliphatic rings. The van der Waals surface area contributed by atoms with Gasteiger partial charge in [0.25, 0.3) is 0 Å². The van der Waals surface area contributed by atoms with Gasteiger partial charge in [-0.2, -0.15) is 5.10 Å². The zero-order valence-electron chi connectivity index (χ0n) is 8.40. The molecule has 0 amide bonds. The van der Waals surface area contributed by atoms with Crippen LogP contribution in [0.5, 0.6) is 0 Å². The summed E-state index contributed by atoms with van der Waals surface area (Å²) < 4.78 is 1.99. The summed E-state index contributed by atoms with van der Waals surface area (Å²) in [7, 11) is 4.23. The van der Waals surface area contributed by atoms with Crippen LogP contribution in [0, 0.1) is 0 Å². The maximum atomic E-state index is 4.22. The topological polar surface area (TPSA) is 21.1 Å². The molecule has 1 fully saturated rings. The molecule has 1 atom stereocenters. The summed E-state index contributed by atoms with van der Waals surface area (Å²) in [5.41, 5.74) is 1.35. The number of piperidine rings is 1. The van der Waals surface area contributed by atoms with Gasteiger partial charge in [-0.15, -0.1) is 0 Å². The Bertz CT molecular complexity index is 279. The summed E-state index contributed by atoms with van der Waals surface area (Å²) >= 11 is 0. The van der Waals surface area contributed by atoms with Gasteiger partial charge in [-0.05, 0) is 32.5 Å². The lowest BCUT2D eigenvalue weighted by atomic mass is 10.0. The van der Waals surface area contributed by atoms with Gasteiger partial charge >= 0.3 is 0 Å². The third-order valence-corrected chi connectivity index (χ3v) is 2.97. The van der Waals surface area contributed by atoms with Crippen LogP contribution < -0.4 is 0 Å². The van der Waals surface area contributed by atoms with Crippen LogP contribution in [0.15, 0.2) is 12.3 Å². The molecule has 1 aromatic rings. The minimum absolute atomic E-state index is 0.584. The molecule has 0 aromatic carbocycles. The van der Waals surface area contributed by atoms with Crippen molar-refractivity contribution in [3.8, 4) is 0 Å². The molecule has 0 aliphatic carbocycles. The Labute approximate surface area is 79.3 Å². The summed E-state index contributed by atoms with van der Waals surface area (Å²) in [6.45, 7) is 1.22. The van der Waals surface area contributed by atoms with Crippen LogP contribution in [-0.4, -0.2) is 28.3 Å². The number of hydrogen-bond acceptors (Lipinski definition) is 2. The average molecular weight is 179 g/mol. The van der Waals surface area contributed by atoms with Gasteiger partial charge in [0.1, 0.15) is 0 Å². The minimum atomic E-state index is 0.584. The molecule has 0 radical (unpaired) electrons. The van der Waals surface area contributed by atoms with E-state index in [9.17, 15) is 0 Å². The second kappa shape index (κ2) is 3.50. The number of aromatic nitrogens is 2. The molecule has 3 nitrogen and oxygen atoms in total. The summed E-state index contributed by atoms with van der Waals surface area (Å²) in [6.07, 6.45) is 5.85. The second-order valence-electron chi connectivity index (χ2n) is 3.87. The van der Waals surface area contributed by atoms with Crippen LogP contribution in [0.3, 0.4) is 0 Å². The number of hydrogen-bond donors (Lipinski definition) is 0. The lowest BCUT2D eigenvalue weighted by molar-refractivity contribution is 0.179. The van der Waals surface area contributed by atoms with Crippen LogP contribution in [0.25, 0.3) is 0 Å². The largest absolute Gasteiger partial charge is 0.298 e. The second-order valence-corrected chi connectivity index (χ2v) is 3.87. The van der Waals surface area contributed by atoms with E-state index >= 15 is 0 Å². The highest BCUT2D eigenvalue weighted by molar-refractivity contribution is 5.07. The molecular weight excluding hydrogens is 162 g/mol. The van der Waals surface area contributed by atoms with Crippen LogP contribution in [0.1, 0.15) is 31.0 Å². The Morgan fingerprint density at radius 1 is 1.38 bits per heavy atom. The number of nitrogens with zero attached hydrogens (tertiary/aromatic N) is 3. The summed E-state index contributed by atoms with van der Waals surface area (Å²) in [5, 5.41) is 4.22. The molecule has 2 heterocycles. The maximum Gasteiger partial charge on any atom is 0.0552 e. The van der Waals surface area contributed by atoms with Gasteiger partial charge in [0.2, 0.25) is 0 Å². The molecule has 1 aromatic heterocycles. The van der Waals surface area contributed by atoms with E-state index in [0.717, 1.165) is 0 Å². The van der Waals surface area contributed by atoms with Crippen molar-refractivity contribution in [3.05, 3.63) is 18.0 Å². The van der Waals surface area contributed by atoms with E-state index in [1.165, 1.54) is 31.5 Å². The van der Waals surface area contributed by atoms with Crippen molar-refractivity contribution in [1.82, 2.24) is 14.7 Å². The first-order valence-corrected chi connectivity index (χ1v) is 4.97. The minimum Gasteiger partial charge on any atom is -0.298 e. The van der Waals surface area contributed by atoms with Crippen LogP contribution >= 0.6 is 0 Å². The molecule has 2 rings (SSSR count). The fourth-order valence-corrected chi connectivity index (χ4v) is 2.16. The molecule has 1 saturated heterocycles. The van der Waals surface area contributed by atoms with Gasteiger partial charge in [0.15, 0.2) is 0 Å². The fourth-order valence-electron chi connectivity index (χ4n) is 2.16. The number of rotatable bonds is 1. The van der Waals surface area contributed by atoms with Crippen molar-refractivity contribution in [2.24, 2.45) is 7.05 Å². The zero-order valence-corrected chi connectivity index (χ0v) is 8.40. The van der Waals surface area contributed by atoms with Gasteiger partial charge in [0.05, 0.1) is 11.7 Å². The third kappa shape index (κ3) is 1.61. The highest BCUT2D eigenvalue weighted by Crippen LogP contribution is 2.28. The number of aryl methyl sites for hydroxylation is 1. The Morgan fingerprint density at radius 2 is 2.23 bits per heavy atom. The van der Waals surface area contributed by atoms with E-state index in [1.807, 2.05) is 17.9 Å². The third-order valence-electron chi connectivity index (χ3n) is 2.97. The standard InChI is InChI=1S/C10H17N3/c1-12-8-4-3-5-9(12)10-6-7-11-13(10)2/h6-7,9H,3-5,8H2,1-2H3. The van der Waals surface area contributed by atoms with Crippen molar-refractivity contribution in [2.75, 3.05) is 13.6 Å². The van der Waals surface area contributed by atoms with Crippen LogP contribution in [0.2, 0.25) is 0 Å². The molecule has 13 heavy (non-hydrogen) atoms. The maximum absolute atomic E-state index is 4.22. The van der Waals surface area contributed by atoms with Gasteiger partial charge in [-0.25, -0.2) is 0 Å². The predicted molar refractivity (Wildman–Crippen MR) is 52.4 cm³/mol. The summed E-state index contributed by atoms with van der Waals surface area (Å²) in [4.78, 5) is 2.43. The zero-order chi connectivity index (χ0) is 9.26. The van der Waals surface area contributed by atoms with Gasteiger partial charge in [-0.1, -0.05) is 6.42 Å². The van der Waals surface area contributed by atoms with E-state index in [2.05, 4.69) is 23.1 Å². The van der Waals surface area contributed by atoms with Crippen molar-refractivity contribution >= 4 is 0 Å². The van der Waals surface area contributed by atoms with Gasteiger partial charge in [-0.3, -0.25) is 9.58 Å². The molecule has 1 aliphatic heterocycles. The van der Waals surface area contributed by atoms with Crippen molar-refractivity contribution in [2.45, 2.75) is 25.3 Å². The predicted octanol–water partition coefficient (Wildman–Crippen LogP) is 1.58. The first kappa shape index (κ1) is 8.75. The van der Waals surface area contributed by atoms with E-state index in [1.54, 1.807) is 0 Å². The Hall–Kier alpha value is -0.830. The Morgan fingerprint density at radius 3 is 2.85 bits per heavy atom. The van der Waals surface area contributed by atoms with Crippen molar-refractivity contribution < 1.29 is 0 Å². The van der Waals surface area contributed by atoms with Crippen molar-refractivity contribution in [1.29, 1.82) is 0 Å². The first-order valence-electron chi connectivity index (χ1n) is 4.97. The average Bonchev–Trinajstić information content (AvgIpc) is 2.52. The first-order chi connectivity index (χ1) is 6.29. The molecule has 0 N–H and O–H groups in total. The van der Waals surface area contributed by atoms with Crippen LogP contribution in [0.4, 0.5) is 0 Å². The van der Waals surface area contributed by atoms with E-state index < -0.39 is 0 Å². The van der Waals surface area contributed by atoms with Crippen LogP contribution in [-0.2, 0) is 7.05 Å². The Kier molecular flexibility index (Phi) is 2.36. The highest BCUT2D eigenvalue weighted by Gasteiger charge is 2.22.